The molecule has 7 heteroatoms. The van der Waals surface area contributed by atoms with E-state index in [1.54, 1.807) is 11.3 Å². The molecule has 0 N–H and O–H groups in total. The third kappa shape index (κ3) is 3.82. The van der Waals surface area contributed by atoms with E-state index >= 15 is 0 Å². The van der Waals surface area contributed by atoms with Crippen LogP contribution in [0.15, 0.2) is 34.4 Å². The van der Waals surface area contributed by atoms with Crippen molar-refractivity contribution in [1.82, 2.24) is 24.6 Å². The predicted molar refractivity (Wildman–Crippen MR) is 97.5 cm³/mol. The molecule has 0 aliphatic carbocycles. The first kappa shape index (κ1) is 16.5. The number of thiophene rings is 1. The zero-order chi connectivity index (χ0) is 17.1. The summed E-state index contributed by atoms with van der Waals surface area (Å²) in [4.78, 5) is 12.5. The second-order valence-electron chi connectivity index (χ2n) is 6.55. The molecule has 25 heavy (non-hydrogen) atoms. The maximum Gasteiger partial charge on any atom is 0.227 e. The van der Waals surface area contributed by atoms with E-state index in [2.05, 4.69) is 37.7 Å². The van der Waals surface area contributed by atoms with Crippen LogP contribution in [-0.2, 0) is 13.0 Å². The Morgan fingerprint density at radius 1 is 1.40 bits per heavy atom. The van der Waals surface area contributed by atoms with Gasteiger partial charge in [0.25, 0.3) is 0 Å². The fourth-order valence-corrected chi connectivity index (χ4v) is 4.16. The van der Waals surface area contributed by atoms with Gasteiger partial charge in [0.15, 0.2) is 0 Å². The number of hydrogen-bond acceptors (Lipinski definition) is 6. The molecule has 0 unspecified atom stereocenters. The smallest absolute Gasteiger partial charge is 0.227 e. The summed E-state index contributed by atoms with van der Waals surface area (Å²) in [5.74, 6) is 2.54. The molecule has 1 saturated heterocycles. The molecule has 4 rings (SSSR count). The van der Waals surface area contributed by atoms with E-state index in [-0.39, 0.29) is 0 Å². The van der Waals surface area contributed by atoms with Crippen molar-refractivity contribution in [3.05, 3.63) is 41.6 Å². The molecule has 0 amide bonds. The highest BCUT2D eigenvalue weighted by Crippen LogP contribution is 2.22. The van der Waals surface area contributed by atoms with Crippen LogP contribution in [-0.4, -0.2) is 43.7 Å². The van der Waals surface area contributed by atoms with Crippen molar-refractivity contribution in [1.29, 1.82) is 0 Å². The number of rotatable bonds is 7. The van der Waals surface area contributed by atoms with Gasteiger partial charge in [-0.3, -0.25) is 4.90 Å². The molecule has 3 aromatic heterocycles. The predicted octanol–water partition coefficient (Wildman–Crippen LogP) is 3.40. The molecule has 3 aromatic rings. The normalized spacial score (nSPS) is 18.2. The van der Waals surface area contributed by atoms with E-state index in [9.17, 15) is 0 Å². The summed E-state index contributed by atoms with van der Waals surface area (Å²) in [6.07, 6.45) is 8.39. The molecular formula is C18H23N5OS. The van der Waals surface area contributed by atoms with E-state index in [0.29, 0.717) is 11.9 Å². The minimum Gasteiger partial charge on any atom is -0.339 e. The quantitative estimate of drug-likeness (QED) is 0.648. The van der Waals surface area contributed by atoms with Crippen LogP contribution in [0.1, 0.15) is 31.0 Å². The van der Waals surface area contributed by atoms with Crippen LogP contribution in [0.3, 0.4) is 0 Å². The van der Waals surface area contributed by atoms with Crippen LogP contribution in [0.4, 0.5) is 0 Å². The van der Waals surface area contributed by atoms with Gasteiger partial charge in [-0.15, -0.1) is 11.3 Å². The van der Waals surface area contributed by atoms with Crippen molar-refractivity contribution < 1.29 is 4.52 Å². The maximum atomic E-state index is 5.40. The van der Waals surface area contributed by atoms with E-state index < -0.39 is 0 Å². The lowest BCUT2D eigenvalue weighted by Gasteiger charge is -2.25. The summed E-state index contributed by atoms with van der Waals surface area (Å²) in [6.45, 7) is 5.37. The largest absolute Gasteiger partial charge is 0.339 e. The number of likely N-dealkylation sites (tertiary alicyclic amines) is 1. The fourth-order valence-electron chi connectivity index (χ4n) is 3.52. The Kier molecular flexibility index (Phi) is 4.94. The van der Waals surface area contributed by atoms with Gasteiger partial charge in [0.1, 0.15) is 5.82 Å². The van der Waals surface area contributed by atoms with Crippen molar-refractivity contribution in [3.63, 3.8) is 0 Å². The third-order valence-electron chi connectivity index (χ3n) is 4.88. The van der Waals surface area contributed by atoms with Gasteiger partial charge in [0.05, 0.1) is 4.88 Å². The molecule has 0 bridgehead atoms. The zero-order valence-electron chi connectivity index (χ0n) is 14.5. The van der Waals surface area contributed by atoms with E-state index in [1.165, 1.54) is 19.4 Å². The number of aryl methyl sites for hydroxylation is 2. The molecule has 0 saturated carbocycles. The Labute approximate surface area is 151 Å². The van der Waals surface area contributed by atoms with Gasteiger partial charge >= 0.3 is 0 Å². The lowest BCUT2D eigenvalue weighted by molar-refractivity contribution is 0.226. The van der Waals surface area contributed by atoms with E-state index in [0.717, 1.165) is 42.5 Å². The summed E-state index contributed by atoms with van der Waals surface area (Å²) >= 11 is 1.64. The van der Waals surface area contributed by atoms with Gasteiger partial charge in [-0.2, -0.15) is 4.98 Å². The highest BCUT2D eigenvalue weighted by molar-refractivity contribution is 7.13. The minimum atomic E-state index is 0.609. The molecule has 132 valence electrons. The second-order valence-corrected chi connectivity index (χ2v) is 7.50. The fraction of sp³-hybridized carbons (Fsp3) is 0.500. The molecule has 4 heterocycles. The first-order valence-electron chi connectivity index (χ1n) is 8.88. The number of nitrogens with zero attached hydrogens (tertiary/aromatic N) is 5. The Bertz CT molecular complexity index is 794. The highest BCUT2D eigenvalue weighted by Gasteiger charge is 2.24. The Morgan fingerprint density at radius 3 is 3.16 bits per heavy atom. The van der Waals surface area contributed by atoms with Crippen LogP contribution >= 0.6 is 11.3 Å². The van der Waals surface area contributed by atoms with Crippen LogP contribution in [0.2, 0.25) is 0 Å². The Morgan fingerprint density at radius 2 is 2.36 bits per heavy atom. The van der Waals surface area contributed by atoms with Crippen LogP contribution < -0.4 is 0 Å². The first-order chi connectivity index (χ1) is 12.3. The third-order valence-corrected chi connectivity index (χ3v) is 5.74. The van der Waals surface area contributed by atoms with E-state index in [1.807, 2.05) is 23.7 Å². The van der Waals surface area contributed by atoms with Crippen LogP contribution in [0, 0.1) is 6.92 Å². The molecular weight excluding hydrogens is 334 g/mol. The summed E-state index contributed by atoms with van der Waals surface area (Å²) in [5, 5.41) is 6.11. The molecule has 0 spiro atoms. The minimum absolute atomic E-state index is 0.609. The Balaban J connectivity index is 1.28. The molecule has 1 aliphatic rings. The molecule has 1 aliphatic heterocycles. The summed E-state index contributed by atoms with van der Waals surface area (Å²) in [6, 6.07) is 4.63. The van der Waals surface area contributed by atoms with Gasteiger partial charge in [-0.25, -0.2) is 4.98 Å². The van der Waals surface area contributed by atoms with Gasteiger partial charge < -0.3 is 9.09 Å². The average molecular weight is 357 g/mol. The van der Waals surface area contributed by atoms with Crippen LogP contribution in [0.25, 0.3) is 10.7 Å². The molecule has 1 atom stereocenters. The monoisotopic (exact) mass is 357 g/mol. The van der Waals surface area contributed by atoms with Gasteiger partial charge in [-0.1, -0.05) is 11.2 Å². The Hall–Kier alpha value is -1.99. The van der Waals surface area contributed by atoms with Gasteiger partial charge in [-0.05, 0) is 50.7 Å². The maximum absolute atomic E-state index is 5.40. The standard InChI is InChI=1S/C18H23N5OS/c1-14-19-8-11-23(14)13-15-5-2-9-22(15)10-3-7-17-20-18(21-24-17)16-6-4-12-25-16/h4,6,8,11-12,15H,2-3,5,7,9-10,13H2,1H3/t15-/m0/s1. The van der Waals surface area contributed by atoms with Crippen molar-refractivity contribution in [2.24, 2.45) is 0 Å². The highest BCUT2D eigenvalue weighted by atomic mass is 32.1. The second kappa shape index (κ2) is 7.49. The first-order valence-corrected chi connectivity index (χ1v) is 9.76. The topological polar surface area (TPSA) is 60.0 Å². The zero-order valence-corrected chi connectivity index (χ0v) is 15.3. The van der Waals surface area contributed by atoms with Crippen molar-refractivity contribution in [2.45, 2.75) is 45.2 Å². The number of hydrogen-bond donors (Lipinski definition) is 0. The van der Waals surface area contributed by atoms with Crippen LogP contribution in [0.5, 0.6) is 0 Å². The molecule has 0 radical (unpaired) electrons. The number of aromatic nitrogens is 4. The van der Waals surface area contributed by atoms with E-state index in [4.69, 9.17) is 4.52 Å². The molecule has 6 nitrogen and oxygen atoms in total. The van der Waals surface area contributed by atoms with Gasteiger partial charge in [0, 0.05) is 31.4 Å². The molecule has 0 aromatic carbocycles. The van der Waals surface area contributed by atoms with Crippen molar-refractivity contribution in [3.8, 4) is 10.7 Å². The summed E-state index contributed by atoms with van der Waals surface area (Å²) in [7, 11) is 0. The average Bonchev–Trinajstić information content (AvgIpc) is 3.38. The lowest BCUT2D eigenvalue weighted by Crippen LogP contribution is -2.34. The van der Waals surface area contributed by atoms with Gasteiger partial charge in [0.2, 0.25) is 11.7 Å². The van der Waals surface area contributed by atoms with Crippen molar-refractivity contribution in [2.75, 3.05) is 13.1 Å². The number of imidazole rings is 1. The summed E-state index contributed by atoms with van der Waals surface area (Å²) < 4.78 is 7.65. The molecule has 1 fully saturated rings. The summed E-state index contributed by atoms with van der Waals surface area (Å²) in [5.41, 5.74) is 0. The lowest BCUT2D eigenvalue weighted by atomic mass is 10.2. The SMILES string of the molecule is Cc1nccn1C[C@@H]1CCCN1CCCc1nc(-c2cccs2)no1. The van der Waals surface area contributed by atoms with Crippen molar-refractivity contribution >= 4 is 11.3 Å².